The quantitative estimate of drug-likeness (QED) is 0.0704. The van der Waals surface area contributed by atoms with Gasteiger partial charge in [0.2, 0.25) is 0 Å². The van der Waals surface area contributed by atoms with E-state index in [0.29, 0.717) is 11.8 Å². The molecule has 6 aromatic carbocycles. The number of halogens is 1. The van der Waals surface area contributed by atoms with Crippen LogP contribution in [-0.2, 0) is 0 Å². The van der Waals surface area contributed by atoms with Crippen molar-refractivity contribution < 1.29 is 9.47 Å². The maximum absolute atomic E-state index is 6.33. The van der Waals surface area contributed by atoms with Crippen molar-refractivity contribution in [2.75, 3.05) is 23.0 Å². The van der Waals surface area contributed by atoms with Crippen molar-refractivity contribution in [1.29, 1.82) is 0 Å². The average molecular weight is 1130 g/mol. The van der Waals surface area contributed by atoms with Gasteiger partial charge in [0, 0.05) is 61.8 Å². The van der Waals surface area contributed by atoms with Gasteiger partial charge in [0.1, 0.15) is 11.5 Å². The number of benzene rings is 6. The minimum Gasteiger partial charge on any atom is -0.493 e. The lowest BCUT2D eigenvalue weighted by Gasteiger charge is -2.26. The monoisotopic (exact) mass is 1130 g/mol. The van der Waals surface area contributed by atoms with Crippen LogP contribution in [0.15, 0.2) is 193 Å². The van der Waals surface area contributed by atoms with Crippen molar-refractivity contribution >= 4 is 96.4 Å². The van der Waals surface area contributed by atoms with E-state index in [9.17, 15) is 0 Å². The van der Waals surface area contributed by atoms with Gasteiger partial charge in [-0.05, 0) is 203 Å². The van der Waals surface area contributed by atoms with Crippen molar-refractivity contribution in [2.24, 2.45) is 11.8 Å². The van der Waals surface area contributed by atoms with Crippen LogP contribution in [0.25, 0.3) is 68.6 Å². The number of rotatable bonds is 22. The molecule has 0 saturated carbocycles. The van der Waals surface area contributed by atoms with Gasteiger partial charge in [0.05, 0.1) is 46.0 Å². The summed E-state index contributed by atoms with van der Waals surface area (Å²) in [5.41, 5.74) is 17.5. The Kier molecular flexibility index (Phi) is 17.4. The molecule has 9 heteroatoms. The lowest BCUT2D eigenvalue weighted by atomic mass is 10.0. The third kappa shape index (κ3) is 12.6. The number of ether oxygens (including phenoxy) is 2. The van der Waals surface area contributed by atoms with Gasteiger partial charge in [0.25, 0.3) is 0 Å². The van der Waals surface area contributed by atoms with E-state index in [4.69, 9.17) is 19.4 Å². The van der Waals surface area contributed by atoms with Crippen LogP contribution in [0, 0.1) is 11.8 Å². The number of aromatic nitrogens is 4. The van der Waals surface area contributed by atoms with E-state index in [1.807, 2.05) is 0 Å². The van der Waals surface area contributed by atoms with Crippen LogP contribution in [0.3, 0.4) is 0 Å². The smallest absolute Gasteiger partial charge is 0.119 e. The Morgan fingerprint density at radius 3 is 1.35 bits per heavy atom. The molecule has 8 nitrogen and oxygen atoms in total. The lowest BCUT2D eigenvalue weighted by molar-refractivity contribution is 0.233. The number of hydrogen-bond donors (Lipinski definition) is 2. The van der Waals surface area contributed by atoms with E-state index in [0.717, 1.165) is 143 Å². The molecule has 3 aromatic heterocycles. The molecule has 81 heavy (non-hydrogen) atoms. The van der Waals surface area contributed by atoms with Crippen LogP contribution in [0.5, 0.6) is 11.5 Å². The van der Waals surface area contributed by atoms with Gasteiger partial charge in [-0.25, -0.2) is 9.97 Å². The molecule has 8 bridgehead atoms. The van der Waals surface area contributed by atoms with E-state index in [-0.39, 0.29) is 0 Å². The van der Waals surface area contributed by atoms with Crippen molar-refractivity contribution in [1.82, 2.24) is 19.9 Å². The molecular formula is C72H71BrN6O2. The van der Waals surface area contributed by atoms with Crippen LogP contribution in [0.1, 0.15) is 102 Å². The molecule has 2 atom stereocenters. The molecule has 5 heterocycles. The van der Waals surface area contributed by atoms with Crippen LogP contribution < -0.4 is 19.3 Å². The summed E-state index contributed by atoms with van der Waals surface area (Å²) in [5.74, 6) is 2.92. The molecule has 0 radical (unpaired) electrons. The zero-order chi connectivity index (χ0) is 55.5. The van der Waals surface area contributed by atoms with Crippen molar-refractivity contribution in [3.05, 3.63) is 215 Å². The molecule has 2 aliphatic rings. The first-order valence-corrected chi connectivity index (χ1v) is 29.8. The number of nitrogens with zero attached hydrogens (tertiary/aromatic N) is 4. The van der Waals surface area contributed by atoms with Crippen molar-refractivity contribution in [3.8, 4) is 33.8 Å². The molecule has 2 unspecified atom stereocenters. The number of anilines is 6. The molecule has 0 aliphatic carbocycles. The summed E-state index contributed by atoms with van der Waals surface area (Å²) in [6.07, 6.45) is 17.9. The normalized spacial score (nSPS) is 12.6. The van der Waals surface area contributed by atoms with E-state index in [1.54, 1.807) is 0 Å². The Morgan fingerprint density at radius 2 is 0.852 bits per heavy atom. The van der Waals surface area contributed by atoms with E-state index in [2.05, 4.69) is 276 Å². The summed E-state index contributed by atoms with van der Waals surface area (Å²) in [5, 5.41) is 0. The van der Waals surface area contributed by atoms with Crippen molar-refractivity contribution in [2.45, 2.75) is 79.1 Å². The summed E-state index contributed by atoms with van der Waals surface area (Å²) < 4.78 is 13.5. The van der Waals surface area contributed by atoms with Gasteiger partial charge < -0.3 is 29.2 Å². The maximum Gasteiger partial charge on any atom is 0.119 e. The number of nitrogens with one attached hydrogen (secondary N) is 2. The number of fused-ring (bicyclic) bond motifs is 8. The fraction of sp³-hybridized carbons (Fsp3) is 0.222. The fourth-order valence-electron chi connectivity index (χ4n) is 10.9. The zero-order valence-corrected chi connectivity index (χ0v) is 48.5. The molecular weight excluding hydrogens is 1060 g/mol. The van der Waals surface area contributed by atoms with E-state index in [1.165, 1.54) is 38.5 Å². The molecule has 9 aromatic rings. The summed E-state index contributed by atoms with van der Waals surface area (Å²) in [7, 11) is 0. The first-order chi connectivity index (χ1) is 39.9. The predicted molar refractivity (Wildman–Crippen MR) is 344 cm³/mol. The fourth-order valence-corrected chi connectivity index (χ4v) is 11.4. The largest absolute Gasteiger partial charge is 0.493 e. The minimum absolute atomic E-state index is 0.567. The summed E-state index contributed by atoms with van der Waals surface area (Å²) in [4.78, 5) is 22.7. The Labute approximate surface area is 486 Å². The van der Waals surface area contributed by atoms with Gasteiger partial charge >= 0.3 is 0 Å². The highest BCUT2D eigenvalue weighted by Gasteiger charge is 2.20. The zero-order valence-electron chi connectivity index (χ0n) is 46.9. The predicted octanol–water partition coefficient (Wildman–Crippen LogP) is 20.9. The van der Waals surface area contributed by atoms with Crippen LogP contribution in [-0.4, -0.2) is 33.1 Å². The minimum atomic E-state index is 0.567. The van der Waals surface area contributed by atoms with Gasteiger partial charge in [-0.1, -0.05) is 127 Å². The summed E-state index contributed by atoms with van der Waals surface area (Å²) in [6, 6.07) is 66.3. The Hall–Kier alpha value is -8.40. The van der Waals surface area contributed by atoms with Gasteiger partial charge in [0.15, 0.2) is 0 Å². The molecule has 0 spiro atoms. The Morgan fingerprint density at radius 1 is 0.432 bits per heavy atom. The first-order valence-electron chi connectivity index (χ1n) is 29.0. The number of unbranched alkanes of at least 4 members (excludes halogenated alkanes) is 2. The highest BCUT2D eigenvalue weighted by atomic mass is 79.9. The standard InChI is InChI=1S/C72H71BrN6O2/c1-5-9-17-50(7-3)48-80-62-37-33-60(34-38-62)78(56-19-13-11-14-20-56)58-29-23-52(24-30-58)70-64-41-27-54(74-64)47-55-28-42-65(75-55)71(67-44-46-69(77-67)72(73)68-45-43-66(70)76-68)53-25-31-59(32-26-53)79(57-21-15-12-16-22-57)61-35-39-63(40-36-61)81-49-51(8-4)18-10-6-2/h11-16,19-47,50-51,74,77H,5-10,17-18,48-49H2,1-4H3. The Bertz CT molecular complexity index is 3630. The number of H-pyrrole nitrogens is 2. The van der Waals surface area contributed by atoms with Gasteiger partial charge in [-0.15, -0.1) is 0 Å². The number of hydrogen-bond acceptors (Lipinski definition) is 6. The molecule has 408 valence electrons. The third-order valence-corrected chi connectivity index (χ3v) is 16.5. The second kappa shape index (κ2) is 25.8. The van der Waals surface area contributed by atoms with Crippen LogP contribution >= 0.6 is 15.9 Å². The second-order valence-electron chi connectivity index (χ2n) is 21.2. The third-order valence-electron chi connectivity index (χ3n) is 15.6. The van der Waals surface area contributed by atoms with Crippen molar-refractivity contribution in [3.63, 3.8) is 0 Å². The molecule has 2 aliphatic heterocycles. The molecule has 0 saturated heterocycles. The second-order valence-corrected chi connectivity index (χ2v) is 22.0. The summed E-state index contributed by atoms with van der Waals surface area (Å²) in [6.45, 7) is 10.5. The number of para-hydroxylation sites is 2. The van der Waals surface area contributed by atoms with E-state index >= 15 is 0 Å². The summed E-state index contributed by atoms with van der Waals surface area (Å²) >= 11 is 4.00. The molecule has 0 fully saturated rings. The topological polar surface area (TPSA) is 82.3 Å². The average Bonchev–Trinajstić information content (AvgIpc) is 4.47. The molecule has 0 amide bonds. The highest BCUT2D eigenvalue weighted by Crippen LogP contribution is 2.41. The molecule has 11 rings (SSSR count). The van der Waals surface area contributed by atoms with Crippen LogP contribution in [0.4, 0.5) is 34.1 Å². The number of aromatic amines is 2. The highest BCUT2D eigenvalue weighted by molar-refractivity contribution is 9.10. The maximum atomic E-state index is 6.33. The SMILES string of the molecule is CCCCC(CC)COc1ccc(N(c2ccccc2)c2ccc(-c3c4nc(c(Br)c5ccc([nH]5)c(-c5ccc(N(c6ccccc6)c6ccc(OCC(CC)CCCC)cc6)cc5)c5nc(cc6ccc3[nH]6)C=C5)C=C4)cc2)cc1. The molecule has 2 N–H and O–H groups in total. The van der Waals surface area contributed by atoms with Crippen LogP contribution in [0.2, 0.25) is 0 Å². The van der Waals surface area contributed by atoms with Gasteiger partial charge in [-0.3, -0.25) is 0 Å². The van der Waals surface area contributed by atoms with Gasteiger partial charge in [-0.2, -0.15) is 0 Å². The Balaban J connectivity index is 0.926. The first kappa shape index (κ1) is 54.6. The lowest BCUT2D eigenvalue weighted by Crippen LogP contribution is -2.12. The van der Waals surface area contributed by atoms with E-state index < -0.39 is 0 Å².